The fourth-order valence-electron chi connectivity index (χ4n) is 4.00. The highest BCUT2D eigenvalue weighted by atomic mass is 32.1. The number of rotatable bonds is 5. The van der Waals surface area contributed by atoms with Crippen LogP contribution in [0.3, 0.4) is 0 Å². The second kappa shape index (κ2) is 8.72. The van der Waals surface area contributed by atoms with E-state index in [9.17, 15) is 0 Å². The number of aliphatic imine (C=N–C) groups is 1. The Morgan fingerprint density at radius 3 is 2.81 bits per heavy atom. The van der Waals surface area contributed by atoms with Gasteiger partial charge in [-0.3, -0.25) is 14.8 Å². The molecule has 0 spiro atoms. The van der Waals surface area contributed by atoms with Gasteiger partial charge in [0.05, 0.1) is 0 Å². The van der Waals surface area contributed by atoms with Crippen molar-refractivity contribution in [2.24, 2.45) is 10.9 Å². The summed E-state index contributed by atoms with van der Waals surface area (Å²) in [6, 6.07) is 3.87. The fraction of sp³-hybridized carbons (Fsp3) is 0.750. The summed E-state index contributed by atoms with van der Waals surface area (Å²) in [6.45, 7) is 14.6. The van der Waals surface area contributed by atoms with Crippen molar-refractivity contribution in [1.29, 1.82) is 0 Å². The first-order chi connectivity index (χ1) is 12.5. The van der Waals surface area contributed by atoms with E-state index in [1.807, 2.05) is 18.4 Å². The Kier molecular flexibility index (Phi) is 6.59. The van der Waals surface area contributed by atoms with E-state index in [0.717, 1.165) is 32.1 Å². The predicted octanol–water partition coefficient (Wildman–Crippen LogP) is 2.39. The second-order valence-electron chi connectivity index (χ2n) is 8.17. The molecule has 1 aromatic heterocycles. The molecule has 146 valence electrons. The van der Waals surface area contributed by atoms with Gasteiger partial charge >= 0.3 is 0 Å². The van der Waals surface area contributed by atoms with Crippen molar-refractivity contribution in [3.05, 3.63) is 21.9 Å². The average Bonchev–Trinajstić information content (AvgIpc) is 3.24. The van der Waals surface area contributed by atoms with E-state index in [2.05, 4.69) is 64.6 Å². The van der Waals surface area contributed by atoms with E-state index in [1.54, 1.807) is 4.88 Å². The summed E-state index contributed by atoms with van der Waals surface area (Å²) >= 11 is 1.91. The number of nitrogens with zero attached hydrogens (tertiary/aromatic N) is 3. The van der Waals surface area contributed by atoms with Crippen LogP contribution in [0, 0.1) is 5.92 Å². The van der Waals surface area contributed by atoms with Crippen molar-refractivity contribution in [2.75, 3.05) is 33.2 Å². The van der Waals surface area contributed by atoms with Crippen LogP contribution in [0.25, 0.3) is 0 Å². The van der Waals surface area contributed by atoms with Gasteiger partial charge in [-0.2, -0.15) is 0 Å². The molecular weight excluding hydrogens is 342 g/mol. The normalized spacial score (nSPS) is 26.2. The van der Waals surface area contributed by atoms with Crippen LogP contribution >= 0.6 is 11.3 Å². The summed E-state index contributed by atoms with van der Waals surface area (Å²) in [5.74, 6) is 1.58. The van der Waals surface area contributed by atoms with Crippen LogP contribution in [-0.4, -0.2) is 67.1 Å². The Morgan fingerprint density at radius 2 is 2.12 bits per heavy atom. The summed E-state index contributed by atoms with van der Waals surface area (Å²) in [4.78, 5) is 11.2. The number of nitrogens with one attached hydrogen (secondary N) is 2. The van der Waals surface area contributed by atoms with Crippen LogP contribution in [0.5, 0.6) is 0 Å². The number of hydrogen-bond donors (Lipinski definition) is 2. The molecule has 1 saturated heterocycles. The third-order valence-electron chi connectivity index (χ3n) is 5.94. The minimum absolute atomic E-state index is 0.474. The van der Waals surface area contributed by atoms with Gasteiger partial charge in [-0.1, -0.05) is 6.92 Å². The molecule has 0 amide bonds. The van der Waals surface area contributed by atoms with E-state index in [1.165, 1.54) is 18.5 Å². The Bertz CT molecular complexity index is 611. The molecule has 0 radical (unpaired) electrons. The van der Waals surface area contributed by atoms with Gasteiger partial charge in [-0.05, 0) is 50.1 Å². The van der Waals surface area contributed by atoms with Crippen LogP contribution in [0.4, 0.5) is 0 Å². The zero-order chi connectivity index (χ0) is 18.7. The van der Waals surface area contributed by atoms with Crippen LogP contribution in [0.1, 0.15) is 38.1 Å². The maximum absolute atomic E-state index is 4.46. The number of thiophene rings is 1. The quantitative estimate of drug-likeness (QED) is 0.611. The minimum Gasteiger partial charge on any atom is -0.355 e. The van der Waals surface area contributed by atoms with Crippen LogP contribution in [-0.2, 0) is 13.0 Å². The van der Waals surface area contributed by atoms with Crippen molar-refractivity contribution >= 4 is 17.3 Å². The van der Waals surface area contributed by atoms with Crippen LogP contribution in [0.2, 0.25) is 0 Å². The number of guanidine groups is 1. The molecule has 0 bridgehead atoms. The molecule has 3 heterocycles. The molecule has 3 rings (SSSR count). The summed E-state index contributed by atoms with van der Waals surface area (Å²) < 4.78 is 0. The third-order valence-corrected chi connectivity index (χ3v) is 6.97. The van der Waals surface area contributed by atoms with Gasteiger partial charge in [0, 0.05) is 62.8 Å². The smallest absolute Gasteiger partial charge is 0.191 e. The second-order valence-corrected chi connectivity index (χ2v) is 9.17. The van der Waals surface area contributed by atoms with Gasteiger partial charge in [0.25, 0.3) is 0 Å². The first kappa shape index (κ1) is 19.6. The molecule has 0 aromatic carbocycles. The highest BCUT2D eigenvalue weighted by Crippen LogP contribution is 2.25. The predicted molar refractivity (Wildman–Crippen MR) is 112 cm³/mol. The number of fused-ring (bicyclic) bond motifs is 1. The molecular formula is C20H35N5S. The summed E-state index contributed by atoms with van der Waals surface area (Å²) in [6.07, 6.45) is 1.19. The highest BCUT2D eigenvalue weighted by Gasteiger charge is 2.31. The van der Waals surface area contributed by atoms with Gasteiger partial charge in [-0.25, -0.2) is 0 Å². The molecule has 3 atom stereocenters. The van der Waals surface area contributed by atoms with Crippen LogP contribution < -0.4 is 10.6 Å². The molecule has 26 heavy (non-hydrogen) atoms. The Labute approximate surface area is 162 Å². The molecule has 5 nitrogen and oxygen atoms in total. The Hall–Kier alpha value is -1.11. The standard InChI is InChI=1S/C20H35N5S/c1-14(2)25-11-15(3)18(13-25)23-20(21-5)22-10-16(4)24-8-6-19-17(12-24)7-9-26-19/h7,9,14-16,18H,6,8,10-13H2,1-5H3,(H2,21,22,23). The molecule has 2 N–H and O–H groups in total. The topological polar surface area (TPSA) is 42.9 Å². The summed E-state index contributed by atoms with van der Waals surface area (Å²) in [5.41, 5.74) is 1.52. The van der Waals surface area contributed by atoms with Gasteiger partial charge in [0.1, 0.15) is 0 Å². The van der Waals surface area contributed by atoms with E-state index < -0.39 is 0 Å². The number of hydrogen-bond acceptors (Lipinski definition) is 4. The van der Waals surface area contributed by atoms with Gasteiger partial charge in [0.2, 0.25) is 0 Å². The average molecular weight is 378 g/mol. The summed E-state index contributed by atoms with van der Waals surface area (Å²) in [5, 5.41) is 9.44. The van der Waals surface area contributed by atoms with Crippen molar-refractivity contribution in [3.63, 3.8) is 0 Å². The van der Waals surface area contributed by atoms with Gasteiger partial charge in [-0.15, -0.1) is 11.3 Å². The zero-order valence-corrected chi connectivity index (χ0v) is 17.8. The van der Waals surface area contributed by atoms with Crippen LogP contribution in [0.15, 0.2) is 16.4 Å². The first-order valence-electron chi connectivity index (χ1n) is 9.98. The molecule has 0 aliphatic carbocycles. The lowest BCUT2D eigenvalue weighted by atomic mass is 10.1. The molecule has 2 aliphatic rings. The zero-order valence-electron chi connectivity index (χ0n) is 17.0. The Morgan fingerprint density at radius 1 is 1.31 bits per heavy atom. The molecule has 0 saturated carbocycles. The van der Waals surface area contributed by atoms with Crippen molar-refractivity contribution in [3.8, 4) is 0 Å². The van der Waals surface area contributed by atoms with E-state index >= 15 is 0 Å². The molecule has 2 aliphatic heterocycles. The summed E-state index contributed by atoms with van der Waals surface area (Å²) in [7, 11) is 1.87. The van der Waals surface area contributed by atoms with Crippen molar-refractivity contribution in [1.82, 2.24) is 20.4 Å². The lowest BCUT2D eigenvalue weighted by Gasteiger charge is -2.33. The minimum atomic E-state index is 0.474. The maximum Gasteiger partial charge on any atom is 0.191 e. The molecule has 1 fully saturated rings. The number of likely N-dealkylation sites (tertiary alicyclic amines) is 1. The monoisotopic (exact) mass is 377 g/mol. The van der Waals surface area contributed by atoms with E-state index in [4.69, 9.17) is 0 Å². The van der Waals surface area contributed by atoms with E-state index in [-0.39, 0.29) is 0 Å². The van der Waals surface area contributed by atoms with E-state index in [0.29, 0.717) is 24.0 Å². The lowest BCUT2D eigenvalue weighted by molar-refractivity contribution is 0.192. The largest absolute Gasteiger partial charge is 0.355 e. The van der Waals surface area contributed by atoms with Gasteiger partial charge in [0.15, 0.2) is 5.96 Å². The van der Waals surface area contributed by atoms with Crippen molar-refractivity contribution in [2.45, 2.75) is 58.8 Å². The highest BCUT2D eigenvalue weighted by molar-refractivity contribution is 7.10. The maximum atomic E-state index is 4.46. The van der Waals surface area contributed by atoms with Gasteiger partial charge < -0.3 is 10.6 Å². The Balaban J connectivity index is 1.47. The van der Waals surface area contributed by atoms with Crippen molar-refractivity contribution < 1.29 is 0 Å². The molecule has 6 heteroatoms. The third kappa shape index (κ3) is 4.59. The molecule has 1 aromatic rings. The fourth-order valence-corrected chi connectivity index (χ4v) is 4.89. The SMILES string of the molecule is CN=C(NCC(C)N1CCc2sccc2C1)NC1CN(C(C)C)CC1C. The lowest BCUT2D eigenvalue weighted by Crippen LogP contribution is -2.50. The first-order valence-corrected chi connectivity index (χ1v) is 10.9. The molecule has 3 unspecified atom stereocenters.